The van der Waals surface area contributed by atoms with Gasteiger partial charge < -0.3 is 19.9 Å². The fourth-order valence-electron chi connectivity index (χ4n) is 3.71. The van der Waals surface area contributed by atoms with Crippen molar-refractivity contribution in [2.24, 2.45) is 7.05 Å². The van der Waals surface area contributed by atoms with E-state index in [1.807, 2.05) is 24.3 Å². The van der Waals surface area contributed by atoms with Crippen LogP contribution in [0, 0.1) is 17.0 Å². The van der Waals surface area contributed by atoms with Gasteiger partial charge in [-0.2, -0.15) is 0 Å². The largest absolute Gasteiger partial charge is 0.481 e. The number of carbonyl (C=O) groups is 2. The number of aryl methyl sites for hydroxylation is 2. The standard InChI is InChI=1S/C27H29N7O5S2/c1-5-18-7-10-20(11-8-18)39-17(3)25(36)28-13-23-31-32-27(33(23)4)41-15-24(35)30-26-29-21(14-40-26)19-9-6-16(2)22(12-19)34(37)38/h6-12,14,17H,5,13,15H2,1-4H3,(H,28,36)(H,29,30,35)/t17-/m0/s1. The normalized spacial score (nSPS) is 11.6. The third-order valence-electron chi connectivity index (χ3n) is 6.14. The second-order valence-corrected chi connectivity index (χ2v) is 10.9. The van der Waals surface area contributed by atoms with Gasteiger partial charge in [-0.1, -0.05) is 43.0 Å². The van der Waals surface area contributed by atoms with E-state index in [0.717, 1.165) is 6.42 Å². The Bertz CT molecular complexity index is 1550. The van der Waals surface area contributed by atoms with Crippen LogP contribution in [0.2, 0.25) is 0 Å². The van der Waals surface area contributed by atoms with Gasteiger partial charge in [0.1, 0.15) is 5.75 Å². The third-order valence-corrected chi connectivity index (χ3v) is 7.92. The Morgan fingerprint density at radius 1 is 1.20 bits per heavy atom. The van der Waals surface area contributed by atoms with E-state index in [1.165, 1.54) is 34.7 Å². The van der Waals surface area contributed by atoms with Crippen LogP contribution in [-0.2, 0) is 29.6 Å². The van der Waals surface area contributed by atoms with Gasteiger partial charge in [-0.3, -0.25) is 19.7 Å². The summed E-state index contributed by atoms with van der Waals surface area (Å²) in [7, 11) is 1.75. The van der Waals surface area contributed by atoms with E-state index in [4.69, 9.17) is 4.74 Å². The van der Waals surface area contributed by atoms with E-state index in [-0.39, 0.29) is 29.8 Å². The van der Waals surface area contributed by atoms with Crippen molar-refractivity contribution in [3.8, 4) is 17.0 Å². The molecule has 0 aliphatic rings. The molecule has 0 fully saturated rings. The van der Waals surface area contributed by atoms with Crippen molar-refractivity contribution >= 4 is 45.7 Å². The average molecular weight is 596 g/mol. The van der Waals surface area contributed by atoms with Crippen LogP contribution in [0.3, 0.4) is 0 Å². The maximum absolute atomic E-state index is 12.5. The Kier molecular flexibility index (Phi) is 9.68. The van der Waals surface area contributed by atoms with Gasteiger partial charge in [0.05, 0.1) is 22.9 Å². The van der Waals surface area contributed by atoms with E-state index in [0.29, 0.717) is 38.7 Å². The minimum atomic E-state index is -0.694. The van der Waals surface area contributed by atoms with E-state index < -0.39 is 11.0 Å². The number of nitrogens with zero attached hydrogens (tertiary/aromatic N) is 5. The first-order chi connectivity index (χ1) is 19.6. The minimum Gasteiger partial charge on any atom is -0.481 e. The van der Waals surface area contributed by atoms with Crippen molar-refractivity contribution in [2.75, 3.05) is 11.1 Å². The van der Waals surface area contributed by atoms with Crippen LogP contribution in [0.4, 0.5) is 10.8 Å². The third kappa shape index (κ3) is 7.67. The molecule has 0 unspecified atom stereocenters. The van der Waals surface area contributed by atoms with Crippen molar-refractivity contribution in [2.45, 2.75) is 45.0 Å². The van der Waals surface area contributed by atoms with Crippen LogP contribution in [0.15, 0.2) is 53.0 Å². The Morgan fingerprint density at radius 3 is 2.66 bits per heavy atom. The fourth-order valence-corrected chi connectivity index (χ4v) is 5.18. The smallest absolute Gasteiger partial charge is 0.272 e. The molecule has 0 aliphatic heterocycles. The number of nitro groups is 1. The lowest BCUT2D eigenvalue weighted by molar-refractivity contribution is -0.385. The highest BCUT2D eigenvalue weighted by molar-refractivity contribution is 7.99. The molecule has 1 atom stereocenters. The summed E-state index contributed by atoms with van der Waals surface area (Å²) in [5.41, 5.74) is 2.90. The number of hydrogen-bond acceptors (Lipinski definition) is 10. The maximum atomic E-state index is 12.5. The molecule has 4 rings (SSSR count). The lowest BCUT2D eigenvalue weighted by atomic mass is 10.1. The first kappa shape index (κ1) is 29.7. The Balaban J connectivity index is 1.26. The van der Waals surface area contributed by atoms with Crippen LogP contribution in [0.1, 0.15) is 30.8 Å². The first-order valence-electron chi connectivity index (χ1n) is 12.7. The van der Waals surface area contributed by atoms with E-state index in [9.17, 15) is 19.7 Å². The minimum absolute atomic E-state index is 0.0144. The highest BCUT2D eigenvalue weighted by atomic mass is 32.2. The summed E-state index contributed by atoms with van der Waals surface area (Å²) in [5.74, 6) is 0.627. The van der Waals surface area contributed by atoms with E-state index in [1.54, 1.807) is 43.0 Å². The van der Waals surface area contributed by atoms with Gasteiger partial charge in [-0.15, -0.1) is 21.5 Å². The van der Waals surface area contributed by atoms with Gasteiger partial charge in [0.2, 0.25) is 5.91 Å². The SMILES string of the molecule is CCc1ccc(O[C@@H](C)C(=O)NCc2nnc(SCC(=O)Nc3nc(-c4ccc(C)c([N+](=O)[O-])c4)cs3)n2C)cc1. The zero-order valence-corrected chi connectivity index (χ0v) is 24.5. The first-order valence-corrected chi connectivity index (χ1v) is 14.6. The fraction of sp³-hybridized carbons (Fsp3) is 0.296. The van der Waals surface area contributed by atoms with Gasteiger partial charge in [0, 0.05) is 29.6 Å². The molecule has 0 saturated heterocycles. The second kappa shape index (κ2) is 13.4. The summed E-state index contributed by atoms with van der Waals surface area (Å²) >= 11 is 2.42. The molecular weight excluding hydrogens is 566 g/mol. The quantitative estimate of drug-likeness (QED) is 0.137. The number of thiazole rings is 1. The summed E-state index contributed by atoms with van der Waals surface area (Å²) in [4.78, 5) is 40.2. The van der Waals surface area contributed by atoms with Crippen molar-refractivity contribution < 1.29 is 19.2 Å². The number of amides is 2. The number of anilines is 1. The summed E-state index contributed by atoms with van der Waals surface area (Å²) in [6.07, 6.45) is 0.233. The predicted octanol–water partition coefficient (Wildman–Crippen LogP) is 4.53. The molecule has 0 radical (unpaired) electrons. The Hall–Kier alpha value is -4.30. The molecule has 12 nitrogen and oxygen atoms in total. The van der Waals surface area contributed by atoms with Crippen molar-refractivity contribution in [3.63, 3.8) is 0 Å². The zero-order valence-electron chi connectivity index (χ0n) is 22.9. The van der Waals surface area contributed by atoms with Gasteiger partial charge in [0.25, 0.3) is 11.6 Å². The summed E-state index contributed by atoms with van der Waals surface area (Å²) < 4.78 is 7.43. The summed E-state index contributed by atoms with van der Waals surface area (Å²) in [5, 5.41) is 27.6. The lowest BCUT2D eigenvalue weighted by Crippen LogP contribution is -2.36. The molecule has 0 spiro atoms. The molecule has 0 bridgehead atoms. The molecule has 4 aromatic rings. The Morgan fingerprint density at radius 2 is 1.95 bits per heavy atom. The molecule has 214 valence electrons. The van der Waals surface area contributed by atoms with Crippen LogP contribution in [0.5, 0.6) is 5.75 Å². The van der Waals surface area contributed by atoms with Gasteiger partial charge in [-0.25, -0.2) is 4.98 Å². The molecule has 41 heavy (non-hydrogen) atoms. The van der Waals surface area contributed by atoms with E-state index in [2.05, 4.69) is 32.7 Å². The second-order valence-electron chi connectivity index (χ2n) is 9.07. The van der Waals surface area contributed by atoms with Gasteiger partial charge >= 0.3 is 0 Å². The molecule has 14 heteroatoms. The molecular formula is C27H29N7O5S2. The zero-order chi connectivity index (χ0) is 29.5. The monoisotopic (exact) mass is 595 g/mol. The maximum Gasteiger partial charge on any atom is 0.272 e. The van der Waals surface area contributed by atoms with Gasteiger partial charge in [-0.05, 0) is 38.0 Å². The number of rotatable bonds is 12. The average Bonchev–Trinajstić information content (AvgIpc) is 3.57. The van der Waals surface area contributed by atoms with Crippen molar-refractivity contribution in [1.82, 2.24) is 25.1 Å². The number of benzene rings is 2. The van der Waals surface area contributed by atoms with Crippen LogP contribution in [-0.4, -0.2) is 48.3 Å². The molecule has 2 aromatic carbocycles. The van der Waals surface area contributed by atoms with Gasteiger partial charge in [0.15, 0.2) is 22.2 Å². The van der Waals surface area contributed by atoms with E-state index >= 15 is 0 Å². The van der Waals surface area contributed by atoms with Crippen molar-refractivity contribution in [1.29, 1.82) is 0 Å². The van der Waals surface area contributed by atoms with Crippen LogP contribution >= 0.6 is 23.1 Å². The number of aromatic nitrogens is 4. The molecule has 2 N–H and O–H groups in total. The molecule has 0 saturated carbocycles. The van der Waals surface area contributed by atoms with Crippen LogP contribution < -0.4 is 15.4 Å². The highest BCUT2D eigenvalue weighted by Gasteiger charge is 2.18. The molecule has 0 aliphatic carbocycles. The lowest BCUT2D eigenvalue weighted by Gasteiger charge is -2.15. The Labute approximate surface area is 244 Å². The predicted molar refractivity (Wildman–Crippen MR) is 157 cm³/mol. The van der Waals surface area contributed by atoms with Crippen molar-refractivity contribution in [3.05, 3.63) is 74.9 Å². The molecule has 2 heterocycles. The number of nitrogens with one attached hydrogen (secondary N) is 2. The number of ether oxygens (including phenoxy) is 1. The summed E-state index contributed by atoms with van der Waals surface area (Å²) in [6, 6.07) is 12.5. The molecule has 2 amide bonds. The summed E-state index contributed by atoms with van der Waals surface area (Å²) in [6.45, 7) is 5.57. The topological polar surface area (TPSA) is 154 Å². The number of thioether (sulfide) groups is 1. The van der Waals surface area contributed by atoms with Crippen LogP contribution in [0.25, 0.3) is 11.3 Å². The number of nitro benzene ring substituents is 1. The molecule has 2 aromatic heterocycles. The number of hydrogen-bond donors (Lipinski definition) is 2. The highest BCUT2D eigenvalue weighted by Crippen LogP contribution is 2.29. The number of carbonyl (C=O) groups excluding carboxylic acids is 2.